The van der Waals surface area contributed by atoms with Crippen LogP contribution in [0.5, 0.6) is 5.75 Å². The number of rotatable bonds is 3. The van der Waals surface area contributed by atoms with Crippen molar-refractivity contribution in [2.75, 3.05) is 0 Å². The molecule has 0 saturated carbocycles. The van der Waals surface area contributed by atoms with Gasteiger partial charge in [0, 0.05) is 4.83 Å². The molecule has 2 nitrogen and oxygen atoms in total. The molecular weight excluding hydrogens is 232 g/mol. The van der Waals surface area contributed by atoms with Crippen LogP contribution in [-0.2, 0) is 4.79 Å². The van der Waals surface area contributed by atoms with Gasteiger partial charge in [-0.05, 0) is 12.1 Å². The van der Waals surface area contributed by atoms with Gasteiger partial charge in [0.2, 0.25) is 0 Å². The van der Waals surface area contributed by atoms with Gasteiger partial charge < -0.3 is 4.74 Å². The third-order valence-electron chi connectivity index (χ3n) is 1.42. The number of hydrogen-bond donors (Lipinski definition) is 0. The van der Waals surface area contributed by atoms with E-state index < -0.39 is 0 Å². The van der Waals surface area contributed by atoms with Crippen molar-refractivity contribution in [1.82, 2.24) is 0 Å². The van der Waals surface area contributed by atoms with Gasteiger partial charge in [0.25, 0.3) is 0 Å². The molecule has 0 aromatic heterocycles. The van der Waals surface area contributed by atoms with Crippen molar-refractivity contribution in [3.63, 3.8) is 0 Å². The molecule has 0 aliphatic rings. The molecule has 1 aromatic carbocycles. The summed E-state index contributed by atoms with van der Waals surface area (Å²) in [4.78, 5) is 11.3. The zero-order valence-electron chi connectivity index (χ0n) is 7.37. The monoisotopic (exact) mass is 242 g/mol. The molecule has 0 spiro atoms. The van der Waals surface area contributed by atoms with Gasteiger partial charge >= 0.3 is 5.97 Å². The van der Waals surface area contributed by atoms with Crippen LogP contribution < -0.4 is 4.74 Å². The van der Waals surface area contributed by atoms with E-state index in [0.717, 1.165) is 0 Å². The number of benzene rings is 1. The first-order valence-electron chi connectivity index (χ1n) is 4.08. The summed E-state index contributed by atoms with van der Waals surface area (Å²) in [5, 5.41) is 0. The lowest BCUT2D eigenvalue weighted by atomic mass is 10.3. The predicted octanol–water partition coefficient (Wildman–Crippen LogP) is 2.77. The minimum atomic E-state index is -0.212. The number of ether oxygens (including phenoxy) is 1. The fourth-order valence-corrected chi connectivity index (χ4v) is 1.16. The Bertz CT molecular complexity index is 270. The zero-order chi connectivity index (χ0) is 9.68. The summed E-state index contributed by atoms with van der Waals surface area (Å²) >= 11 is 3.29. The van der Waals surface area contributed by atoms with E-state index >= 15 is 0 Å². The maximum atomic E-state index is 11.2. The fraction of sp³-hybridized carbons (Fsp3) is 0.300. The lowest BCUT2D eigenvalue weighted by Crippen LogP contribution is -2.11. The van der Waals surface area contributed by atoms with Crippen LogP contribution in [0.15, 0.2) is 30.3 Å². The number of alkyl halides is 1. The molecular formula is C10H11BrO2. The topological polar surface area (TPSA) is 26.3 Å². The molecule has 1 unspecified atom stereocenters. The van der Waals surface area contributed by atoms with Gasteiger partial charge in [0.15, 0.2) is 0 Å². The molecule has 0 bridgehead atoms. The number of para-hydroxylation sites is 1. The maximum absolute atomic E-state index is 11.2. The largest absolute Gasteiger partial charge is 0.427 e. The highest BCUT2D eigenvalue weighted by Gasteiger charge is 2.07. The van der Waals surface area contributed by atoms with Crippen LogP contribution >= 0.6 is 15.9 Å². The summed E-state index contributed by atoms with van der Waals surface area (Å²) in [5.74, 6) is 0.385. The summed E-state index contributed by atoms with van der Waals surface area (Å²) in [7, 11) is 0. The van der Waals surface area contributed by atoms with Crippen molar-refractivity contribution in [3.05, 3.63) is 30.3 Å². The van der Waals surface area contributed by atoms with Crippen molar-refractivity contribution < 1.29 is 9.53 Å². The van der Waals surface area contributed by atoms with Crippen molar-refractivity contribution in [3.8, 4) is 5.75 Å². The summed E-state index contributed by atoms with van der Waals surface area (Å²) in [6.45, 7) is 1.91. The Kier molecular flexibility index (Phi) is 3.96. The van der Waals surface area contributed by atoms with E-state index in [-0.39, 0.29) is 10.8 Å². The van der Waals surface area contributed by atoms with E-state index in [1.807, 2.05) is 25.1 Å². The van der Waals surface area contributed by atoms with E-state index in [2.05, 4.69) is 15.9 Å². The van der Waals surface area contributed by atoms with Gasteiger partial charge in [0.05, 0.1) is 6.42 Å². The molecule has 0 aliphatic heterocycles. The van der Waals surface area contributed by atoms with Crippen LogP contribution in [0.3, 0.4) is 0 Å². The highest BCUT2D eigenvalue weighted by atomic mass is 79.9. The minimum absolute atomic E-state index is 0.156. The van der Waals surface area contributed by atoms with E-state index in [1.54, 1.807) is 12.1 Å². The number of carbonyl (C=O) groups is 1. The molecule has 1 atom stereocenters. The SMILES string of the molecule is CC(Br)CC(=O)Oc1ccccc1. The molecule has 0 N–H and O–H groups in total. The van der Waals surface area contributed by atoms with Crippen molar-refractivity contribution >= 4 is 21.9 Å². The van der Waals surface area contributed by atoms with Crippen molar-refractivity contribution in [1.29, 1.82) is 0 Å². The third-order valence-corrected chi connectivity index (χ3v) is 1.75. The van der Waals surface area contributed by atoms with Gasteiger partial charge in [-0.1, -0.05) is 41.1 Å². The normalized spacial score (nSPS) is 12.2. The highest BCUT2D eigenvalue weighted by molar-refractivity contribution is 9.09. The third kappa shape index (κ3) is 4.08. The van der Waals surface area contributed by atoms with Crippen LogP contribution in [0.1, 0.15) is 13.3 Å². The van der Waals surface area contributed by atoms with Crippen molar-refractivity contribution in [2.45, 2.75) is 18.2 Å². The lowest BCUT2D eigenvalue weighted by molar-refractivity contribution is -0.134. The molecule has 0 amide bonds. The Labute approximate surface area is 86.0 Å². The molecule has 0 fully saturated rings. The molecule has 70 valence electrons. The van der Waals surface area contributed by atoms with E-state index in [4.69, 9.17) is 4.74 Å². The van der Waals surface area contributed by atoms with Crippen LogP contribution in [-0.4, -0.2) is 10.8 Å². The van der Waals surface area contributed by atoms with Crippen LogP contribution in [0.4, 0.5) is 0 Å². The zero-order valence-corrected chi connectivity index (χ0v) is 8.95. The Morgan fingerprint density at radius 2 is 2.08 bits per heavy atom. The van der Waals surface area contributed by atoms with Crippen LogP contribution in [0.2, 0.25) is 0 Å². The molecule has 13 heavy (non-hydrogen) atoms. The van der Waals surface area contributed by atoms with E-state index in [9.17, 15) is 4.79 Å². The number of esters is 1. The quantitative estimate of drug-likeness (QED) is 0.463. The predicted molar refractivity (Wildman–Crippen MR) is 55.1 cm³/mol. The molecule has 1 aromatic rings. The number of hydrogen-bond acceptors (Lipinski definition) is 2. The molecule has 0 aliphatic carbocycles. The first kappa shape index (κ1) is 10.3. The summed E-state index contributed by atoms with van der Waals surface area (Å²) in [5.41, 5.74) is 0. The Morgan fingerprint density at radius 3 is 2.62 bits per heavy atom. The first-order valence-corrected chi connectivity index (χ1v) is 5.00. The Hall–Kier alpha value is -0.830. The standard InChI is InChI=1S/C10H11BrO2/c1-8(11)7-10(12)13-9-5-3-2-4-6-9/h2-6,8H,7H2,1H3. The number of halogens is 1. The first-order chi connectivity index (χ1) is 6.18. The second-order valence-electron chi connectivity index (χ2n) is 2.77. The summed E-state index contributed by atoms with van der Waals surface area (Å²) in [6, 6.07) is 9.07. The van der Waals surface area contributed by atoms with Gasteiger partial charge in [0.1, 0.15) is 5.75 Å². The minimum Gasteiger partial charge on any atom is -0.427 e. The molecule has 0 saturated heterocycles. The molecule has 3 heteroatoms. The van der Waals surface area contributed by atoms with E-state index in [1.165, 1.54) is 0 Å². The van der Waals surface area contributed by atoms with Gasteiger partial charge in [-0.15, -0.1) is 0 Å². The van der Waals surface area contributed by atoms with E-state index in [0.29, 0.717) is 12.2 Å². The average Bonchev–Trinajstić information content (AvgIpc) is 2.04. The lowest BCUT2D eigenvalue weighted by Gasteiger charge is -2.04. The molecule has 1 rings (SSSR count). The highest BCUT2D eigenvalue weighted by Crippen LogP contribution is 2.11. The number of carbonyl (C=O) groups excluding carboxylic acids is 1. The second kappa shape index (κ2) is 5.02. The average molecular weight is 243 g/mol. The van der Waals surface area contributed by atoms with Gasteiger partial charge in [-0.3, -0.25) is 4.79 Å². The summed E-state index contributed by atoms with van der Waals surface area (Å²) in [6.07, 6.45) is 0.384. The van der Waals surface area contributed by atoms with Gasteiger partial charge in [-0.2, -0.15) is 0 Å². The Morgan fingerprint density at radius 1 is 1.46 bits per heavy atom. The molecule has 0 heterocycles. The van der Waals surface area contributed by atoms with Crippen LogP contribution in [0.25, 0.3) is 0 Å². The maximum Gasteiger partial charge on any atom is 0.312 e. The smallest absolute Gasteiger partial charge is 0.312 e. The van der Waals surface area contributed by atoms with Crippen LogP contribution in [0, 0.1) is 0 Å². The summed E-state index contributed by atoms with van der Waals surface area (Å²) < 4.78 is 5.06. The Balaban J connectivity index is 2.46. The molecule has 0 radical (unpaired) electrons. The van der Waals surface area contributed by atoms with Crippen molar-refractivity contribution in [2.24, 2.45) is 0 Å². The second-order valence-corrected chi connectivity index (χ2v) is 4.34. The van der Waals surface area contributed by atoms with Gasteiger partial charge in [-0.25, -0.2) is 0 Å². The fourth-order valence-electron chi connectivity index (χ4n) is 0.891.